The van der Waals surface area contributed by atoms with Gasteiger partial charge in [-0.2, -0.15) is 0 Å². The second-order valence-electron chi connectivity index (χ2n) is 6.43. The van der Waals surface area contributed by atoms with E-state index >= 15 is 0 Å². The minimum Gasteiger partial charge on any atom is -0.375 e. The van der Waals surface area contributed by atoms with Crippen molar-refractivity contribution in [3.63, 3.8) is 0 Å². The molecule has 1 aromatic heterocycles. The zero-order chi connectivity index (χ0) is 14.7. The molecule has 2 fully saturated rings. The number of ether oxygens (including phenoxy) is 1. The summed E-state index contributed by atoms with van der Waals surface area (Å²) in [7, 11) is 0. The molecule has 2 heterocycles. The number of halogens is 1. The van der Waals surface area contributed by atoms with Crippen LogP contribution in [-0.4, -0.2) is 23.7 Å². The average molecular weight is 292 g/mol. The second kappa shape index (κ2) is 6.41. The Bertz CT molecular complexity index is 456. The van der Waals surface area contributed by atoms with Gasteiger partial charge in [0.1, 0.15) is 5.82 Å². The number of pyridine rings is 1. The number of hydrogen-bond acceptors (Lipinski definition) is 3. The quantitative estimate of drug-likeness (QED) is 0.920. The number of rotatable bonds is 4. The predicted octanol–water partition coefficient (Wildman–Crippen LogP) is 3.61. The summed E-state index contributed by atoms with van der Waals surface area (Å²) in [5.74, 6) is 0.253. The van der Waals surface area contributed by atoms with Gasteiger partial charge in [0.05, 0.1) is 23.5 Å². The van der Waals surface area contributed by atoms with E-state index in [2.05, 4.69) is 17.2 Å². The van der Waals surface area contributed by atoms with Crippen LogP contribution in [0.1, 0.15) is 57.2 Å². The average Bonchev–Trinajstić information content (AvgIpc) is 2.94. The summed E-state index contributed by atoms with van der Waals surface area (Å²) >= 11 is 0. The van der Waals surface area contributed by atoms with Gasteiger partial charge in [0.15, 0.2) is 0 Å². The number of nitrogens with zero attached hydrogens (tertiary/aromatic N) is 1. The Labute approximate surface area is 126 Å². The Morgan fingerprint density at radius 2 is 2.24 bits per heavy atom. The molecule has 1 saturated carbocycles. The van der Waals surface area contributed by atoms with Crippen molar-refractivity contribution in [1.82, 2.24) is 10.3 Å². The smallest absolute Gasteiger partial charge is 0.141 e. The molecule has 2 unspecified atom stereocenters. The molecule has 4 heteroatoms. The van der Waals surface area contributed by atoms with Crippen LogP contribution >= 0.6 is 0 Å². The van der Waals surface area contributed by atoms with E-state index in [0.29, 0.717) is 5.92 Å². The minimum absolute atomic E-state index is 0.108. The van der Waals surface area contributed by atoms with Crippen LogP contribution in [0.15, 0.2) is 18.3 Å². The fraction of sp³-hybridized carbons (Fsp3) is 0.706. The first kappa shape index (κ1) is 14.9. The molecule has 0 radical (unpaired) electrons. The van der Waals surface area contributed by atoms with Crippen molar-refractivity contribution in [3.8, 4) is 0 Å². The predicted molar refractivity (Wildman–Crippen MR) is 80.5 cm³/mol. The fourth-order valence-electron chi connectivity index (χ4n) is 4.02. The van der Waals surface area contributed by atoms with Gasteiger partial charge >= 0.3 is 0 Å². The SMILES string of the molecule is CCNC(c1ccc(F)cn1)C1CCOC2(CCCC2)C1. The molecule has 1 saturated heterocycles. The Morgan fingerprint density at radius 3 is 2.90 bits per heavy atom. The Hall–Kier alpha value is -1.00. The van der Waals surface area contributed by atoms with Crippen molar-refractivity contribution >= 4 is 0 Å². The van der Waals surface area contributed by atoms with Gasteiger partial charge in [-0.15, -0.1) is 0 Å². The third kappa shape index (κ3) is 3.27. The van der Waals surface area contributed by atoms with Crippen molar-refractivity contribution in [2.24, 2.45) is 5.92 Å². The second-order valence-corrected chi connectivity index (χ2v) is 6.43. The summed E-state index contributed by atoms with van der Waals surface area (Å²) in [6.07, 6.45) is 8.44. The highest BCUT2D eigenvalue weighted by Gasteiger charge is 2.42. The number of nitrogens with one attached hydrogen (secondary N) is 1. The zero-order valence-corrected chi connectivity index (χ0v) is 12.8. The van der Waals surface area contributed by atoms with Gasteiger partial charge in [0.2, 0.25) is 0 Å². The Morgan fingerprint density at radius 1 is 1.43 bits per heavy atom. The van der Waals surface area contributed by atoms with Crippen LogP contribution in [0, 0.1) is 11.7 Å². The maximum atomic E-state index is 13.1. The highest BCUT2D eigenvalue weighted by Crippen LogP contribution is 2.45. The monoisotopic (exact) mass is 292 g/mol. The van der Waals surface area contributed by atoms with Crippen molar-refractivity contribution < 1.29 is 9.13 Å². The van der Waals surface area contributed by atoms with Gasteiger partial charge in [0, 0.05) is 6.61 Å². The number of hydrogen-bond donors (Lipinski definition) is 1. The van der Waals surface area contributed by atoms with Crippen LogP contribution in [0.25, 0.3) is 0 Å². The topological polar surface area (TPSA) is 34.2 Å². The van der Waals surface area contributed by atoms with Crippen molar-refractivity contribution in [2.75, 3.05) is 13.2 Å². The molecule has 0 aromatic carbocycles. The lowest BCUT2D eigenvalue weighted by atomic mass is 9.79. The normalized spacial score (nSPS) is 26.1. The lowest BCUT2D eigenvalue weighted by Gasteiger charge is -2.41. The molecule has 1 aliphatic carbocycles. The Balaban J connectivity index is 1.78. The van der Waals surface area contributed by atoms with Gasteiger partial charge in [-0.25, -0.2) is 4.39 Å². The first-order chi connectivity index (χ1) is 10.2. The molecule has 1 N–H and O–H groups in total. The maximum absolute atomic E-state index is 13.1. The lowest BCUT2D eigenvalue weighted by Crippen LogP contribution is -2.42. The zero-order valence-electron chi connectivity index (χ0n) is 12.8. The Kier molecular flexibility index (Phi) is 4.55. The highest BCUT2D eigenvalue weighted by atomic mass is 19.1. The van der Waals surface area contributed by atoms with Crippen LogP contribution in [0.4, 0.5) is 4.39 Å². The van der Waals surface area contributed by atoms with Crippen LogP contribution in [0.5, 0.6) is 0 Å². The molecule has 1 spiro atoms. The van der Waals surface area contributed by atoms with Crippen molar-refractivity contribution in [1.29, 1.82) is 0 Å². The molecule has 3 nitrogen and oxygen atoms in total. The molecule has 2 aliphatic rings. The minimum atomic E-state index is -0.270. The van der Waals surface area contributed by atoms with Crippen LogP contribution in [0.2, 0.25) is 0 Å². The molecular weight excluding hydrogens is 267 g/mol. The summed E-state index contributed by atoms with van der Waals surface area (Å²) in [4.78, 5) is 4.31. The van der Waals surface area contributed by atoms with E-state index in [1.807, 2.05) is 6.07 Å². The third-order valence-electron chi connectivity index (χ3n) is 5.01. The largest absolute Gasteiger partial charge is 0.375 e. The summed E-state index contributed by atoms with van der Waals surface area (Å²) in [6, 6.07) is 3.54. The van der Waals surface area contributed by atoms with Gasteiger partial charge in [-0.05, 0) is 50.3 Å². The van der Waals surface area contributed by atoms with E-state index < -0.39 is 0 Å². The molecular formula is C17H25FN2O. The van der Waals surface area contributed by atoms with Crippen LogP contribution in [0.3, 0.4) is 0 Å². The van der Waals surface area contributed by atoms with Crippen molar-refractivity contribution in [2.45, 2.75) is 57.1 Å². The van der Waals surface area contributed by atoms with Crippen LogP contribution in [-0.2, 0) is 4.74 Å². The third-order valence-corrected chi connectivity index (χ3v) is 5.01. The summed E-state index contributed by atoms with van der Waals surface area (Å²) < 4.78 is 19.2. The van der Waals surface area contributed by atoms with Crippen LogP contribution < -0.4 is 5.32 Å². The van der Waals surface area contributed by atoms with Crippen molar-refractivity contribution in [3.05, 3.63) is 29.8 Å². The van der Waals surface area contributed by atoms with E-state index in [-0.39, 0.29) is 17.5 Å². The number of aromatic nitrogens is 1. The molecule has 0 amide bonds. The summed E-state index contributed by atoms with van der Waals surface area (Å²) in [6.45, 7) is 3.85. The standard InChI is InChI=1S/C17H25FN2O/c1-2-19-16(15-6-5-14(18)12-20-15)13-7-10-21-17(11-13)8-3-4-9-17/h5-6,12-13,16,19H,2-4,7-11H2,1H3. The maximum Gasteiger partial charge on any atom is 0.141 e. The first-order valence-corrected chi connectivity index (χ1v) is 8.21. The molecule has 2 atom stereocenters. The van der Waals surface area contributed by atoms with E-state index in [4.69, 9.17) is 4.74 Å². The molecule has 1 aliphatic heterocycles. The van der Waals surface area contributed by atoms with E-state index in [0.717, 1.165) is 31.7 Å². The van der Waals surface area contributed by atoms with E-state index in [9.17, 15) is 4.39 Å². The van der Waals surface area contributed by atoms with Gasteiger partial charge in [-0.3, -0.25) is 4.98 Å². The van der Waals surface area contributed by atoms with E-state index in [1.54, 1.807) is 0 Å². The lowest BCUT2D eigenvalue weighted by molar-refractivity contribution is -0.0983. The molecule has 116 valence electrons. The first-order valence-electron chi connectivity index (χ1n) is 8.21. The molecule has 1 aromatic rings. The highest BCUT2D eigenvalue weighted by molar-refractivity contribution is 5.12. The van der Waals surface area contributed by atoms with Gasteiger partial charge < -0.3 is 10.1 Å². The molecule has 0 bridgehead atoms. The fourth-order valence-corrected chi connectivity index (χ4v) is 4.02. The van der Waals surface area contributed by atoms with E-state index in [1.165, 1.54) is 37.9 Å². The molecule has 21 heavy (non-hydrogen) atoms. The summed E-state index contributed by atoms with van der Waals surface area (Å²) in [5, 5.41) is 3.55. The molecule has 3 rings (SSSR count). The van der Waals surface area contributed by atoms with Gasteiger partial charge in [-0.1, -0.05) is 19.8 Å². The van der Waals surface area contributed by atoms with Gasteiger partial charge in [0.25, 0.3) is 0 Å². The summed E-state index contributed by atoms with van der Waals surface area (Å²) in [5.41, 5.74) is 1.06.